The van der Waals surface area contributed by atoms with Crippen LogP contribution in [0.2, 0.25) is 0 Å². The standard InChI is InChI=1S/C20H20BrN3S/c1-14(2)16-6-4-15(5-7-16)12-23-24-19(13-25-20(24)22-3)17-8-10-18(21)11-9-17/h4-14H,1-3H3. The molecule has 0 fully saturated rings. The lowest BCUT2D eigenvalue weighted by atomic mass is 10.0. The Bertz CT molecular complexity index is 932. The lowest BCUT2D eigenvalue weighted by Crippen LogP contribution is -2.11. The maximum Gasteiger partial charge on any atom is 0.205 e. The molecular weight excluding hydrogens is 394 g/mol. The van der Waals surface area contributed by atoms with E-state index in [-0.39, 0.29) is 0 Å². The minimum atomic E-state index is 0.534. The molecule has 25 heavy (non-hydrogen) atoms. The van der Waals surface area contributed by atoms with E-state index in [1.165, 1.54) is 5.56 Å². The number of hydrogen-bond acceptors (Lipinski definition) is 3. The molecule has 3 nitrogen and oxygen atoms in total. The zero-order valence-corrected chi connectivity index (χ0v) is 16.9. The topological polar surface area (TPSA) is 29.6 Å². The molecule has 128 valence electrons. The van der Waals surface area contributed by atoms with Crippen LogP contribution in [0.3, 0.4) is 0 Å². The SMILES string of the molecule is CN=c1scc(-c2ccc(Br)cc2)n1N=Cc1ccc(C(C)C)cc1. The van der Waals surface area contributed by atoms with Crippen molar-refractivity contribution in [3.63, 3.8) is 0 Å². The van der Waals surface area contributed by atoms with Crippen molar-refractivity contribution in [2.24, 2.45) is 10.1 Å². The van der Waals surface area contributed by atoms with Gasteiger partial charge in [0, 0.05) is 22.5 Å². The summed E-state index contributed by atoms with van der Waals surface area (Å²) in [6.45, 7) is 4.40. The summed E-state index contributed by atoms with van der Waals surface area (Å²) in [5, 5.41) is 6.77. The molecule has 0 saturated carbocycles. The maximum absolute atomic E-state index is 4.68. The van der Waals surface area contributed by atoms with E-state index in [0.29, 0.717) is 5.92 Å². The van der Waals surface area contributed by atoms with Crippen molar-refractivity contribution < 1.29 is 0 Å². The van der Waals surface area contributed by atoms with Crippen molar-refractivity contribution in [3.05, 3.63) is 74.3 Å². The minimum Gasteiger partial charge on any atom is -0.261 e. The Labute approximate surface area is 160 Å². The van der Waals surface area contributed by atoms with Gasteiger partial charge in [-0.05, 0) is 29.2 Å². The van der Waals surface area contributed by atoms with E-state index in [0.717, 1.165) is 26.1 Å². The lowest BCUT2D eigenvalue weighted by Gasteiger charge is -2.05. The van der Waals surface area contributed by atoms with Crippen LogP contribution in [0.4, 0.5) is 0 Å². The van der Waals surface area contributed by atoms with Crippen molar-refractivity contribution in [2.75, 3.05) is 7.05 Å². The minimum absolute atomic E-state index is 0.534. The molecule has 5 heteroatoms. The predicted octanol–water partition coefficient (Wildman–Crippen LogP) is 5.52. The lowest BCUT2D eigenvalue weighted by molar-refractivity contribution is 0.848. The molecular formula is C20H20BrN3S. The van der Waals surface area contributed by atoms with Crippen molar-refractivity contribution in [1.82, 2.24) is 4.68 Å². The maximum atomic E-state index is 4.68. The van der Waals surface area contributed by atoms with E-state index in [9.17, 15) is 0 Å². The molecule has 0 bridgehead atoms. The molecule has 1 heterocycles. The first-order valence-electron chi connectivity index (χ1n) is 8.12. The second-order valence-electron chi connectivity index (χ2n) is 6.01. The Morgan fingerprint density at radius 3 is 2.32 bits per heavy atom. The van der Waals surface area contributed by atoms with Crippen LogP contribution in [-0.4, -0.2) is 17.9 Å². The summed E-state index contributed by atoms with van der Waals surface area (Å²) in [6.07, 6.45) is 1.88. The van der Waals surface area contributed by atoms with E-state index >= 15 is 0 Å². The highest BCUT2D eigenvalue weighted by molar-refractivity contribution is 9.10. The molecule has 0 unspecified atom stereocenters. The zero-order valence-electron chi connectivity index (χ0n) is 14.5. The Morgan fingerprint density at radius 2 is 1.72 bits per heavy atom. The molecule has 0 radical (unpaired) electrons. The average molecular weight is 414 g/mol. The van der Waals surface area contributed by atoms with Crippen LogP contribution < -0.4 is 4.80 Å². The van der Waals surface area contributed by atoms with Crippen molar-refractivity contribution >= 4 is 33.5 Å². The molecule has 0 atom stereocenters. The highest BCUT2D eigenvalue weighted by Crippen LogP contribution is 2.22. The number of benzene rings is 2. The highest BCUT2D eigenvalue weighted by Gasteiger charge is 2.07. The van der Waals surface area contributed by atoms with Gasteiger partial charge in [0.1, 0.15) is 0 Å². The number of rotatable bonds is 4. The summed E-state index contributed by atoms with van der Waals surface area (Å²) in [6, 6.07) is 16.8. The summed E-state index contributed by atoms with van der Waals surface area (Å²) >= 11 is 5.07. The molecule has 0 spiro atoms. The monoisotopic (exact) mass is 413 g/mol. The van der Waals surface area contributed by atoms with Gasteiger partial charge >= 0.3 is 0 Å². The number of hydrogen-bond donors (Lipinski definition) is 0. The third-order valence-corrected chi connectivity index (χ3v) is 5.38. The van der Waals surface area contributed by atoms with Gasteiger partial charge in [-0.3, -0.25) is 4.99 Å². The molecule has 0 aliphatic heterocycles. The fourth-order valence-corrected chi connectivity index (χ4v) is 3.54. The van der Waals surface area contributed by atoms with Gasteiger partial charge < -0.3 is 0 Å². The van der Waals surface area contributed by atoms with E-state index in [4.69, 9.17) is 0 Å². The molecule has 3 rings (SSSR count). The fourth-order valence-electron chi connectivity index (χ4n) is 2.47. The van der Waals surface area contributed by atoms with Crippen molar-refractivity contribution in [1.29, 1.82) is 0 Å². The van der Waals surface area contributed by atoms with Crippen LogP contribution in [0, 0.1) is 0 Å². The van der Waals surface area contributed by atoms with Gasteiger partial charge in [0.25, 0.3) is 0 Å². The third-order valence-electron chi connectivity index (χ3n) is 3.94. The molecule has 3 aromatic rings. The largest absolute Gasteiger partial charge is 0.261 e. The van der Waals surface area contributed by atoms with Gasteiger partial charge in [0.2, 0.25) is 4.80 Å². The first-order chi connectivity index (χ1) is 12.1. The van der Waals surface area contributed by atoms with E-state index in [1.54, 1.807) is 18.4 Å². The Kier molecular flexibility index (Phi) is 5.66. The second-order valence-corrected chi connectivity index (χ2v) is 7.76. The molecule has 1 aromatic heterocycles. The smallest absolute Gasteiger partial charge is 0.205 e. The molecule has 2 aromatic carbocycles. The van der Waals surface area contributed by atoms with Crippen LogP contribution >= 0.6 is 27.3 Å². The van der Waals surface area contributed by atoms with Crippen molar-refractivity contribution in [3.8, 4) is 11.3 Å². The zero-order chi connectivity index (χ0) is 17.8. The fraction of sp³-hybridized carbons (Fsp3) is 0.200. The molecule has 0 saturated heterocycles. The summed E-state index contributed by atoms with van der Waals surface area (Å²) in [7, 11) is 1.79. The van der Waals surface area contributed by atoms with Gasteiger partial charge in [0.05, 0.1) is 11.9 Å². The number of halogens is 1. The normalized spacial score (nSPS) is 12.4. The Hall–Kier alpha value is -1.98. The van der Waals surface area contributed by atoms with Gasteiger partial charge in [-0.25, -0.2) is 4.68 Å². The Morgan fingerprint density at radius 1 is 1.04 bits per heavy atom. The van der Waals surface area contributed by atoms with Crippen LogP contribution in [0.25, 0.3) is 11.3 Å². The van der Waals surface area contributed by atoms with Crippen LogP contribution in [0.15, 0.2) is 68.5 Å². The van der Waals surface area contributed by atoms with Gasteiger partial charge in [-0.1, -0.05) is 66.2 Å². The third kappa shape index (κ3) is 4.17. The van der Waals surface area contributed by atoms with Gasteiger partial charge in [-0.15, -0.1) is 11.3 Å². The first-order valence-corrected chi connectivity index (χ1v) is 9.79. The second kappa shape index (κ2) is 7.93. The predicted molar refractivity (Wildman–Crippen MR) is 110 cm³/mol. The highest BCUT2D eigenvalue weighted by atomic mass is 79.9. The van der Waals surface area contributed by atoms with Crippen LogP contribution in [0.1, 0.15) is 30.9 Å². The van der Waals surface area contributed by atoms with Crippen LogP contribution in [0.5, 0.6) is 0 Å². The first kappa shape index (κ1) is 17.8. The number of thiazole rings is 1. The van der Waals surface area contributed by atoms with E-state index in [2.05, 4.69) is 81.6 Å². The van der Waals surface area contributed by atoms with Gasteiger partial charge in [-0.2, -0.15) is 5.10 Å². The molecule has 0 aliphatic carbocycles. The molecule has 0 N–H and O–H groups in total. The quantitative estimate of drug-likeness (QED) is 0.504. The molecule has 0 aliphatic rings. The Balaban J connectivity index is 1.96. The van der Waals surface area contributed by atoms with E-state index < -0.39 is 0 Å². The summed E-state index contributed by atoms with van der Waals surface area (Å²) in [4.78, 5) is 5.21. The number of nitrogens with zero attached hydrogens (tertiary/aromatic N) is 3. The van der Waals surface area contributed by atoms with E-state index in [1.807, 2.05) is 23.0 Å². The molecule has 0 amide bonds. The number of aromatic nitrogens is 1. The van der Waals surface area contributed by atoms with Gasteiger partial charge in [0.15, 0.2) is 0 Å². The summed E-state index contributed by atoms with van der Waals surface area (Å²) in [5.41, 5.74) is 4.56. The van der Waals surface area contributed by atoms with Crippen LogP contribution in [-0.2, 0) is 0 Å². The summed E-state index contributed by atoms with van der Waals surface area (Å²) in [5.74, 6) is 0.534. The summed E-state index contributed by atoms with van der Waals surface area (Å²) < 4.78 is 2.96. The average Bonchev–Trinajstić information content (AvgIpc) is 3.04. The van der Waals surface area contributed by atoms with Crippen molar-refractivity contribution in [2.45, 2.75) is 19.8 Å².